The summed E-state index contributed by atoms with van der Waals surface area (Å²) < 4.78 is 107. The lowest BCUT2D eigenvalue weighted by Gasteiger charge is -2.40. The minimum Gasteiger partial charge on any atom is -0.497 e. The van der Waals surface area contributed by atoms with Crippen molar-refractivity contribution in [2.24, 2.45) is 0 Å². The number of carbonyl (C=O) groups excluding carboxylic acids is 1. The number of nitrogens with one attached hydrogen (secondary N) is 1. The van der Waals surface area contributed by atoms with Crippen LogP contribution in [0.15, 0.2) is 59.5 Å². The highest BCUT2D eigenvalue weighted by atomic mass is 32.2. The number of hydrogen-bond acceptors (Lipinski definition) is 8. The van der Waals surface area contributed by atoms with Gasteiger partial charge in [0.05, 0.1) is 19.8 Å². The molecule has 0 saturated heterocycles. The molecule has 0 radical (unpaired) electrons. The molecule has 0 bridgehead atoms. The third-order valence-corrected chi connectivity index (χ3v) is 9.64. The maximum absolute atomic E-state index is 16.5. The van der Waals surface area contributed by atoms with Crippen LogP contribution in [0.3, 0.4) is 0 Å². The Kier molecular flexibility index (Phi) is 11.4. The van der Waals surface area contributed by atoms with Crippen LogP contribution in [-0.4, -0.2) is 65.5 Å². The number of nitrogens with zero attached hydrogens (tertiary/aromatic N) is 1. The van der Waals surface area contributed by atoms with E-state index in [1.807, 2.05) is 19.0 Å². The molecule has 0 unspecified atom stereocenters. The molecule has 0 heterocycles. The Hall–Kier alpha value is -4.04. The Labute approximate surface area is 284 Å². The number of rotatable bonds is 10. The standard InChI is InChI=1S/C35H42F4N2O7S/c1-34(2,3)48-33(42)40-49(43,44)31-16-15-28(26(32(31)36)18-23-11-13-25(45-6)20-30(23)46-7)47-29-14-12-22(19-27(29)41(4)5)21-9-8-10-24(17-21)35(37,38)39/h8-11,13,15-17,20,22,27,29H,12,14,18-19H2,1-7H3,(H,40,42)/t22-,27-,29-/m0/s1. The van der Waals surface area contributed by atoms with E-state index in [2.05, 4.69) is 0 Å². The van der Waals surface area contributed by atoms with E-state index in [1.165, 1.54) is 32.4 Å². The first kappa shape index (κ1) is 37.8. The van der Waals surface area contributed by atoms with Gasteiger partial charge in [0.2, 0.25) is 0 Å². The molecule has 0 aromatic heterocycles. The molecule has 1 aliphatic carbocycles. The molecule has 1 fully saturated rings. The largest absolute Gasteiger partial charge is 0.497 e. The lowest BCUT2D eigenvalue weighted by atomic mass is 9.79. The lowest BCUT2D eigenvalue weighted by Crippen LogP contribution is -2.46. The van der Waals surface area contributed by atoms with E-state index in [0.29, 0.717) is 41.9 Å². The Morgan fingerprint density at radius 2 is 1.67 bits per heavy atom. The summed E-state index contributed by atoms with van der Waals surface area (Å²) in [5.41, 5.74) is -0.748. The number of likely N-dealkylation sites (N-methyl/N-ethyl adjacent to an activating group) is 1. The van der Waals surface area contributed by atoms with E-state index in [4.69, 9.17) is 18.9 Å². The molecule has 49 heavy (non-hydrogen) atoms. The van der Waals surface area contributed by atoms with E-state index >= 15 is 4.39 Å². The molecular weight excluding hydrogens is 668 g/mol. The zero-order chi connectivity index (χ0) is 36.3. The topological polar surface area (TPSA) is 103 Å². The van der Waals surface area contributed by atoms with Gasteiger partial charge in [-0.3, -0.25) is 0 Å². The average Bonchev–Trinajstić information content (AvgIpc) is 3.01. The quantitative estimate of drug-likeness (QED) is 0.219. The molecule has 1 amide bonds. The van der Waals surface area contributed by atoms with Crippen LogP contribution in [0.4, 0.5) is 22.4 Å². The Morgan fingerprint density at radius 3 is 2.29 bits per heavy atom. The normalized spacial score (nSPS) is 18.6. The smallest absolute Gasteiger partial charge is 0.421 e. The van der Waals surface area contributed by atoms with E-state index < -0.39 is 50.3 Å². The fourth-order valence-electron chi connectivity index (χ4n) is 5.95. The van der Waals surface area contributed by atoms with E-state index in [0.717, 1.165) is 12.1 Å². The Bertz CT molecular complexity index is 1760. The highest BCUT2D eigenvalue weighted by Crippen LogP contribution is 2.40. The maximum atomic E-state index is 16.5. The van der Waals surface area contributed by atoms with Gasteiger partial charge in [-0.05, 0) is 95.4 Å². The van der Waals surface area contributed by atoms with Gasteiger partial charge in [-0.2, -0.15) is 13.2 Å². The third-order valence-electron chi connectivity index (χ3n) is 8.31. The Morgan fingerprint density at radius 1 is 0.959 bits per heavy atom. The zero-order valence-electron chi connectivity index (χ0n) is 28.5. The van der Waals surface area contributed by atoms with Crippen LogP contribution in [0, 0.1) is 5.82 Å². The molecule has 14 heteroatoms. The first-order valence-corrected chi connectivity index (χ1v) is 17.1. The third kappa shape index (κ3) is 9.35. The fourth-order valence-corrected chi connectivity index (χ4v) is 6.93. The van der Waals surface area contributed by atoms with Gasteiger partial charge in [0.1, 0.15) is 33.8 Å². The van der Waals surface area contributed by atoms with Crippen LogP contribution in [0.1, 0.15) is 68.2 Å². The number of carbonyl (C=O) groups is 1. The summed E-state index contributed by atoms with van der Waals surface area (Å²) in [6.45, 7) is 4.67. The van der Waals surface area contributed by atoms with Gasteiger partial charge in [0.25, 0.3) is 10.0 Å². The van der Waals surface area contributed by atoms with Gasteiger partial charge in [-0.15, -0.1) is 0 Å². The summed E-state index contributed by atoms with van der Waals surface area (Å²) in [5.74, 6) is -0.397. The molecular formula is C35H42F4N2O7S. The van der Waals surface area contributed by atoms with Crippen molar-refractivity contribution in [1.82, 2.24) is 9.62 Å². The number of alkyl halides is 3. The molecule has 3 aromatic carbocycles. The second-order valence-electron chi connectivity index (χ2n) is 13.1. The number of halogens is 4. The number of ether oxygens (including phenoxy) is 4. The second kappa shape index (κ2) is 14.8. The van der Waals surface area contributed by atoms with Gasteiger partial charge in [0.15, 0.2) is 5.82 Å². The number of benzene rings is 3. The number of sulfonamides is 1. The highest BCUT2D eigenvalue weighted by molar-refractivity contribution is 7.90. The maximum Gasteiger partial charge on any atom is 0.421 e. The van der Waals surface area contributed by atoms with Crippen LogP contribution >= 0.6 is 0 Å². The van der Waals surface area contributed by atoms with Crippen molar-refractivity contribution in [3.8, 4) is 17.2 Å². The number of hydrogen-bond donors (Lipinski definition) is 1. The summed E-state index contributed by atoms with van der Waals surface area (Å²) >= 11 is 0. The van der Waals surface area contributed by atoms with E-state index in [1.54, 1.807) is 49.8 Å². The van der Waals surface area contributed by atoms with Gasteiger partial charge >= 0.3 is 12.3 Å². The molecule has 3 aromatic rings. The summed E-state index contributed by atoms with van der Waals surface area (Å²) in [4.78, 5) is 13.5. The second-order valence-corrected chi connectivity index (χ2v) is 14.8. The van der Waals surface area contributed by atoms with Crippen LogP contribution < -0.4 is 18.9 Å². The van der Waals surface area contributed by atoms with E-state index in [9.17, 15) is 26.4 Å². The minimum atomic E-state index is -4.72. The van der Waals surface area contributed by atoms with Gasteiger partial charge in [0, 0.05) is 24.1 Å². The SMILES string of the molecule is COc1ccc(Cc2c(O[C@H]3CC[C@H](c4cccc(C(F)(F)F)c4)C[C@@H]3N(C)C)ccc(S(=O)(=O)NC(=O)OC(C)(C)C)c2F)c(OC)c1. The van der Waals surface area contributed by atoms with Gasteiger partial charge < -0.3 is 23.8 Å². The first-order valence-electron chi connectivity index (χ1n) is 15.6. The molecule has 9 nitrogen and oxygen atoms in total. The van der Waals surface area contributed by atoms with Gasteiger partial charge in [-0.1, -0.05) is 24.3 Å². The lowest BCUT2D eigenvalue weighted by molar-refractivity contribution is -0.137. The average molecular weight is 711 g/mol. The van der Waals surface area contributed by atoms with Crippen LogP contribution in [0.2, 0.25) is 0 Å². The van der Waals surface area contributed by atoms with Crippen LogP contribution in [-0.2, 0) is 27.4 Å². The fraction of sp³-hybridized carbons (Fsp3) is 0.457. The monoisotopic (exact) mass is 710 g/mol. The van der Waals surface area contributed by atoms with Gasteiger partial charge in [-0.25, -0.2) is 22.3 Å². The molecule has 0 spiro atoms. The summed E-state index contributed by atoms with van der Waals surface area (Å²) in [6, 6.07) is 12.3. The zero-order valence-corrected chi connectivity index (χ0v) is 29.3. The summed E-state index contributed by atoms with van der Waals surface area (Å²) in [7, 11) is 1.85. The predicted molar refractivity (Wildman–Crippen MR) is 175 cm³/mol. The van der Waals surface area contributed by atoms with Crippen molar-refractivity contribution >= 4 is 16.1 Å². The molecule has 268 valence electrons. The first-order chi connectivity index (χ1) is 22.8. The number of methoxy groups -OCH3 is 2. The summed E-state index contributed by atoms with van der Waals surface area (Å²) in [6.07, 6.45) is -5.01. The van der Waals surface area contributed by atoms with Crippen LogP contribution in [0.25, 0.3) is 0 Å². The van der Waals surface area contributed by atoms with E-state index in [-0.39, 0.29) is 29.7 Å². The molecule has 3 atom stereocenters. The van der Waals surface area contributed by atoms with Crippen molar-refractivity contribution in [2.75, 3.05) is 28.3 Å². The highest BCUT2D eigenvalue weighted by Gasteiger charge is 2.37. The molecule has 1 N–H and O–H groups in total. The molecule has 1 saturated carbocycles. The Balaban J connectivity index is 1.71. The van der Waals surface area contributed by atoms with Crippen molar-refractivity contribution < 1.29 is 49.7 Å². The summed E-state index contributed by atoms with van der Waals surface area (Å²) in [5, 5.41) is 0. The predicted octanol–water partition coefficient (Wildman–Crippen LogP) is 7.31. The number of amides is 1. The van der Waals surface area contributed by atoms with Crippen molar-refractivity contribution in [1.29, 1.82) is 0 Å². The van der Waals surface area contributed by atoms with Crippen molar-refractivity contribution in [3.63, 3.8) is 0 Å². The van der Waals surface area contributed by atoms with Crippen molar-refractivity contribution in [2.45, 2.75) is 81.2 Å². The molecule has 4 rings (SSSR count). The molecule has 1 aliphatic rings. The van der Waals surface area contributed by atoms with Crippen molar-refractivity contribution in [3.05, 3.63) is 82.7 Å². The minimum absolute atomic E-state index is 0.0703. The molecule has 0 aliphatic heterocycles. The van der Waals surface area contributed by atoms with Crippen LogP contribution in [0.5, 0.6) is 17.2 Å².